The number of H-pyrrole nitrogens is 1. The van der Waals surface area contributed by atoms with Crippen LogP contribution >= 0.6 is 11.3 Å². The highest BCUT2D eigenvalue weighted by molar-refractivity contribution is 7.17. The van der Waals surface area contributed by atoms with Crippen molar-refractivity contribution in [2.24, 2.45) is 0 Å². The lowest BCUT2D eigenvalue weighted by atomic mass is 10.1. The number of hydrogen-bond donors (Lipinski definition) is 1. The number of amides is 2. The fourth-order valence-electron chi connectivity index (χ4n) is 3.24. The van der Waals surface area contributed by atoms with Gasteiger partial charge in [0, 0.05) is 31.3 Å². The molecule has 1 aliphatic heterocycles. The second kappa shape index (κ2) is 6.96. The molecule has 1 fully saturated rings. The Hall–Kier alpha value is -3.00. The number of nitrogens with zero attached hydrogens (tertiary/aromatic N) is 3. The molecule has 2 amide bonds. The molecule has 0 aliphatic carbocycles. The van der Waals surface area contributed by atoms with Crippen LogP contribution in [0, 0.1) is 0 Å². The summed E-state index contributed by atoms with van der Waals surface area (Å²) in [5.41, 5.74) is 1.67. The fraction of sp³-hybridized carbons (Fsp3) is 0.263. The topological polar surface area (TPSA) is 86.4 Å². The van der Waals surface area contributed by atoms with Gasteiger partial charge in [0.2, 0.25) is 5.91 Å². The second-order valence-corrected chi connectivity index (χ2v) is 7.42. The number of carbonyl (C=O) groups is 2. The largest absolute Gasteiger partial charge is 0.334 e. The van der Waals surface area contributed by atoms with Crippen molar-refractivity contribution in [2.45, 2.75) is 19.4 Å². The number of carbonyl (C=O) groups excluding carboxylic acids is 2. The van der Waals surface area contributed by atoms with Crippen molar-refractivity contribution in [1.82, 2.24) is 14.9 Å². The molecule has 3 heterocycles. The minimum atomic E-state index is -0.198. The highest BCUT2D eigenvalue weighted by atomic mass is 32.1. The first-order chi connectivity index (χ1) is 13.0. The molecule has 0 unspecified atom stereocenters. The Morgan fingerprint density at radius 1 is 1.33 bits per heavy atom. The SMILES string of the molecule is CN(Cc1nc2ccsc2c(=O)[nH]1)C(=O)c1cccc(N2CCCC2=O)c1. The van der Waals surface area contributed by atoms with Gasteiger partial charge in [-0.2, -0.15) is 0 Å². The molecule has 0 spiro atoms. The monoisotopic (exact) mass is 382 g/mol. The molecular weight excluding hydrogens is 364 g/mol. The molecule has 2 aromatic heterocycles. The van der Waals surface area contributed by atoms with E-state index in [1.165, 1.54) is 16.2 Å². The van der Waals surface area contributed by atoms with Crippen LogP contribution in [0.25, 0.3) is 10.2 Å². The van der Waals surface area contributed by atoms with E-state index in [1.54, 1.807) is 36.2 Å². The molecule has 0 bridgehead atoms. The van der Waals surface area contributed by atoms with Gasteiger partial charge >= 0.3 is 0 Å². The molecular formula is C19H18N4O3S. The molecule has 1 aromatic carbocycles. The Balaban J connectivity index is 1.55. The average Bonchev–Trinajstić information content (AvgIpc) is 3.30. The Kier molecular flexibility index (Phi) is 4.49. The van der Waals surface area contributed by atoms with Crippen LogP contribution in [0.1, 0.15) is 29.0 Å². The quantitative estimate of drug-likeness (QED) is 0.751. The normalized spacial score (nSPS) is 14.1. The Morgan fingerprint density at radius 2 is 2.19 bits per heavy atom. The summed E-state index contributed by atoms with van der Waals surface area (Å²) >= 11 is 1.34. The van der Waals surface area contributed by atoms with E-state index in [2.05, 4.69) is 9.97 Å². The number of aromatic nitrogens is 2. The van der Waals surface area contributed by atoms with Gasteiger partial charge in [-0.3, -0.25) is 14.4 Å². The van der Waals surface area contributed by atoms with E-state index >= 15 is 0 Å². The number of aromatic amines is 1. The molecule has 1 saturated heterocycles. The highest BCUT2D eigenvalue weighted by Crippen LogP contribution is 2.23. The Morgan fingerprint density at radius 3 is 2.96 bits per heavy atom. The summed E-state index contributed by atoms with van der Waals surface area (Å²) < 4.78 is 0.579. The van der Waals surface area contributed by atoms with E-state index < -0.39 is 0 Å². The van der Waals surface area contributed by atoms with Crippen molar-refractivity contribution < 1.29 is 9.59 Å². The summed E-state index contributed by atoms with van der Waals surface area (Å²) in [5.74, 6) is 0.322. The minimum absolute atomic E-state index is 0.0822. The third-order valence-corrected chi connectivity index (χ3v) is 5.48. The Bertz CT molecular complexity index is 1090. The van der Waals surface area contributed by atoms with Crippen molar-refractivity contribution >= 4 is 39.1 Å². The maximum Gasteiger partial charge on any atom is 0.268 e. The maximum atomic E-state index is 12.8. The first kappa shape index (κ1) is 17.4. The molecule has 1 aliphatic rings. The molecule has 138 valence electrons. The highest BCUT2D eigenvalue weighted by Gasteiger charge is 2.23. The predicted molar refractivity (Wildman–Crippen MR) is 104 cm³/mol. The third kappa shape index (κ3) is 3.35. The van der Waals surface area contributed by atoms with Crippen LogP contribution in [0.15, 0.2) is 40.5 Å². The molecule has 0 saturated carbocycles. The number of benzene rings is 1. The smallest absolute Gasteiger partial charge is 0.268 e. The maximum absolute atomic E-state index is 12.8. The summed E-state index contributed by atoms with van der Waals surface area (Å²) in [6, 6.07) is 8.86. The standard InChI is InChI=1S/C19H18N4O3S/c1-22(11-15-20-14-7-9-27-17(14)18(25)21-15)19(26)12-4-2-5-13(10-12)23-8-3-6-16(23)24/h2,4-5,7,9-10H,3,6,8,11H2,1H3,(H,20,21,25). The van der Waals surface area contributed by atoms with Gasteiger partial charge in [0.15, 0.2) is 0 Å². The zero-order valence-electron chi connectivity index (χ0n) is 14.8. The molecule has 4 rings (SSSR count). The minimum Gasteiger partial charge on any atom is -0.334 e. The molecule has 3 aromatic rings. The number of fused-ring (bicyclic) bond motifs is 1. The number of thiophene rings is 1. The van der Waals surface area contributed by atoms with Gasteiger partial charge in [0.05, 0.1) is 12.1 Å². The van der Waals surface area contributed by atoms with Crippen LogP contribution < -0.4 is 10.5 Å². The van der Waals surface area contributed by atoms with Gasteiger partial charge in [-0.25, -0.2) is 4.98 Å². The summed E-state index contributed by atoms with van der Waals surface area (Å²) in [4.78, 5) is 47.2. The fourth-order valence-corrected chi connectivity index (χ4v) is 3.97. The van der Waals surface area contributed by atoms with Crippen molar-refractivity contribution in [2.75, 3.05) is 18.5 Å². The number of rotatable bonds is 4. The third-order valence-electron chi connectivity index (χ3n) is 4.58. The van der Waals surface area contributed by atoms with Crippen molar-refractivity contribution in [3.63, 3.8) is 0 Å². The molecule has 7 nitrogen and oxygen atoms in total. The van der Waals surface area contributed by atoms with E-state index in [0.29, 0.717) is 34.6 Å². The zero-order valence-corrected chi connectivity index (χ0v) is 15.6. The van der Waals surface area contributed by atoms with Crippen LogP contribution in [0.2, 0.25) is 0 Å². The molecule has 27 heavy (non-hydrogen) atoms. The first-order valence-corrected chi connectivity index (χ1v) is 9.53. The van der Waals surface area contributed by atoms with E-state index in [-0.39, 0.29) is 23.9 Å². The molecule has 1 N–H and O–H groups in total. The number of nitrogens with one attached hydrogen (secondary N) is 1. The van der Waals surface area contributed by atoms with Gasteiger partial charge in [-0.15, -0.1) is 11.3 Å². The van der Waals surface area contributed by atoms with Crippen LogP contribution in [0.4, 0.5) is 5.69 Å². The van der Waals surface area contributed by atoms with Gasteiger partial charge < -0.3 is 14.8 Å². The van der Waals surface area contributed by atoms with Crippen molar-refractivity contribution in [3.8, 4) is 0 Å². The predicted octanol–water partition coefficient (Wildman–Crippen LogP) is 2.38. The van der Waals surface area contributed by atoms with Crippen LogP contribution in [-0.4, -0.2) is 40.3 Å². The number of anilines is 1. The first-order valence-electron chi connectivity index (χ1n) is 8.65. The van der Waals surface area contributed by atoms with E-state index in [1.807, 2.05) is 11.4 Å². The second-order valence-electron chi connectivity index (χ2n) is 6.51. The van der Waals surface area contributed by atoms with E-state index in [4.69, 9.17) is 0 Å². The lowest BCUT2D eigenvalue weighted by molar-refractivity contribution is -0.117. The lowest BCUT2D eigenvalue weighted by Gasteiger charge is -2.19. The summed E-state index contributed by atoms with van der Waals surface area (Å²) in [6.45, 7) is 0.866. The molecule has 0 radical (unpaired) electrons. The van der Waals surface area contributed by atoms with Gasteiger partial charge in [-0.05, 0) is 36.1 Å². The van der Waals surface area contributed by atoms with Gasteiger partial charge in [0.25, 0.3) is 11.5 Å². The van der Waals surface area contributed by atoms with E-state index in [9.17, 15) is 14.4 Å². The summed E-state index contributed by atoms with van der Waals surface area (Å²) in [6.07, 6.45) is 1.38. The number of hydrogen-bond acceptors (Lipinski definition) is 5. The van der Waals surface area contributed by atoms with Crippen LogP contribution in [0.5, 0.6) is 0 Å². The van der Waals surface area contributed by atoms with Gasteiger partial charge in [0.1, 0.15) is 10.5 Å². The zero-order chi connectivity index (χ0) is 19.0. The van der Waals surface area contributed by atoms with Gasteiger partial charge in [-0.1, -0.05) is 6.07 Å². The van der Waals surface area contributed by atoms with Crippen molar-refractivity contribution in [1.29, 1.82) is 0 Å². The Labute approximate surface area is 159 Å². The van der Waals surface area contributed by atoms with Crippen LogP contribution in [-0.2, 0) is 11.3 Å². The molecule has 0 atom stereocenters. The average molecular weight is 382 g/mol. The summed E-state index contributed by atoms with van der Waals surface area (Å²) in [7, 11) is 1.66. The van der Waals surface area contributed by atoms with Crippen LogP contribution in [0.3, 0.4) is 0 Å². The van der Waals surface area contributed by atoms with E-state index in [0.717, 1.165) is 12.1 Å². The van der Waals surface area contributed by atoms with Crippen molar-refractivity contribution in [3.05, 3.63) is 57.5 Å². The lowest BCUT2D eigenvalue weighted by Crippen LogP contribution is -2.29. The summed E-state index contributed by atoms with van der Waals surface area (Å²) in [5, 5.41) is 1.82. The molecule has 8 heteroatoms.